The first-order chi connectivity index (χ1) is 9.61. The Morgan fingerprint density at radius 1 is 1.15 bits per heavy atom. The van der Waals surface area contributed by atoms with Gasteiger partial charge in [0, 0.05) is 17.5 Å². The van der Waals surface area contributed by atoms with Gasteiger partial charge in [0.25, 0.3) is 0 Å². The van der Waals surface area contributed by atoms with Gasteiger partial charge in [0.05, 0.1) is 0 Å². The summed E-state index contributed by atoms with van der Waals surface area (Å²) in [4.78, 5) is 11.7. The normalized spacial score (nSPS) is 39.1. The van der Waals surface area contributed by atoms with Crippen LogP contribution in [0.4, 0.5) is 0 Å². The molecule has 0 heterocycles. The van der Waals surface area contributed by atoms with E-state index in [1.165, 1.54) is 44.2 Å². The van der Waals surface area contributed by atoms with Crippen molar-refractivity contribution in [3.8, 4) is 0 Å². The lowest BCUT2D eigenvalue weighted by Crippen LogP contribution is -2.49. The molecule has 0 radical (unpaired) electrons. The highest BCUT2D eigenvalue weighted by molar-refractivity contribution is 5.89. The predicted octanol–water partition coefficient (Wildman–Crippen LogP) is 3.89. The predicted molar refractivity (Wildman–Crippen MR) is 81.4 cm³/mol. The van der Waals surface area contributed by atoms with Crippen LogP contribution in [0.3, 0.4) is 0 Å². The third-order valence-corrected chi connectivity index (χ3v) is 5.91. The fourth-order valence-electron chi connectivity index (χ4n) is 5.21. The van der Waals surface area contributed by atoms with Crippen molar-refractivity contribution in [1.29, 1.82) is 0 Å². The number of nitrogens with one attached hydrogen (secondary N) is 1. The maximum absolute atomic E-state index is 11.7. The van der Waals surface area contributed by atoms with E-state index < -0.39 is 0 Å². The number of hydrogen-bond acceptors (Lipinski definition) is 2. The average molecular weight is 276 g/mol. The van der Waals surface area contributed by atoms with Crippen LogP contribution in [0.1, 0.15) is 71.6 Å². The topological polar surface area (TPSA) is 41.5 Å². The van der Waals surface area contributed by atoms with Crippen molar-refractivity contribution < 1.29 is 4.79 Å². The van der Waals surface area contributed by atoms with Gasteiger partial charge in [0.2, 0.25) is 5.91 Å². The van der Waals surface area contributed by atoms with Crippen molar-refractivity contribution in [2.75, 3.05) is 0 Å². The third-order valence-electron chi connectivity index (χ3n) is 5.91. The molecule has 0 aromatic heterocycles. The molecule has 0 saturated heterocycles. The van der Waals surface area contributed by atoms with Crippen molar-refractivity contribution in [3.63, 3.8) is 0 Å². The zero-order valence-electron chi connectivity index (χ0n) is 13.0. The Hall–Kier alpha value is -0.860. The van der Waals surface area contributed by atoms with Gasteiger partial charge in [0.1, 0.15) is 0 Å². The largest absolute Gasteiger partial charge is 0.273 e. The van der Waals surface area contributed by atoms with Crippen LogP contribution in [-0.2, 0) is 4.79 Å². The summed E-state index contributed by atoms with van der Waals surface area (Å²) in [5, 5.41) is 4.48. The molecular formula is C17H28N2O. The minimum Gasteiger partial charge on any atom is -0.273 e. The number of rotatable bonds is 5. The summed E-state index contributed by atoms with van der Waals surface area (Å²) >= 11 is 0. The highest BCUT2D eigenvalue weighted by Gasteiger charge is 2.52. The van der Waals surface area contributed by atoms with E-state index in [4.69, 9.17) is 0 Å². The first-order valence-corrected chi connectivity index (χ1v) is 8.45. The fourth-order valence-corrected chi connectivity index (χ4v) is 5.21. The van der Waals surface area contributed by atoms with Crippen molar-refractivity contribution in [3.05, 3.63) is 0 Å². The minimum atomic E-state index is 0.0796. The summed E-state index contributed by atoms with van der Waals surface area (Å²) in [5.41, 5.74) is 4.31. The number of carbonyl (C=O) groups is 1. The van der Waals surface area contributed by atoms with Crippen LogP contribution >= 0.6 is 0 Å². The molecule has 0 aromatic rings. The summed E-state index contributed by atoms with van der Waals surface area (Å²) < 4.78 is 0. The molecule has 1 N–H and O–H groups in total. The number of carbonyl (C=O) groups excluding carboxylic acids is 1. The standard InChI is InChI=1S/C17H28N2O/c1-3-4-5-16(20)19-18-12(2)17-9-13-6-14(10-17)8-15(7-13)11-17/h13-15H,3-11H2,1-2H3,(H,19,20). The second-order valence-corrected chi connectivity index (χ2v) is 7.53. The monoisotopic (exact) mass is 276 g/mol. The quantitative estimate of drug-likeness (QED) is 0.601. The van der Waals surface area contributed by atoms with E-state index in [9.17, 15) is 4.79 Å². The van der Waals surface area contributed by atoms with Crippen LogP contribution in [0.2, 0.25) is 0 Å². The number of nitrogens with zero attached hydrogens (tertiary/aromatic N) is 1. The average Bonchev–Trinajstić information content (AvgIpc) is 2.41. The summed E-state index contributed by atoms with van der Waals surface area (Å²) in [6.07, 6.45) is 10.9. The molecule has 0 aliphatic heterocycles. The Morgan fingerprint density at radius 3 is 2.20 bits per heavy atom. The Kier molecular flexibility index (Phi) is 3.87. The van der Waals surface area contributed by atoms with Crippen LogP contribution in [0.25, 0.3) is 0 Å². The van der Waals surface area contributed by atoms with E-state index in [0.29, 0.717) is 11.8 Å². The molecule has 0 aromatic carbocycles. The third kappa shape index (κ3) is 2.64. The highest BCUT2D eigenvalue weighted by Crippen LogP contribution is 2.60. The lowest BCUT2D eigenvalue weighted by molar-refractivity contribution is -0.121. The fraction of sp³-hybridized carbons (Fsp3) is 0.882. The molecule has 3 heteroatoms. The first-order valence-electron chi connectivity index (χ1n) is 8.45. The molecule has 3 nitrogen and oxygen atoms in total. The van der Waals surface area contributed by atoms with Crippen molar-refractivity contribution in [2.24, 2.45) is 28.3 Å². The van der Waals surface area contributed by atoms with E-state index in [1.54, 1.807) is 0 Å². The van der Waals surface area contributed by atoms with Crippen LogP contribution < -0.4 is 5.43 Å². The Bertz CT molecular complexity index is 378. The van der Waals surface area contributed by atoms with Gasteiger partial charge in [-0.25, -0.2) is 5.43 Å². The number of unbranched alkanes of at least 4 members (excludes halogenated alkanes) is 1. The number of hydrogen-bond donors (Lipinski definition) is 1. The smallest absolute Gasteiger partial charge is 0.240 e. The van der Waals surface area contributed by atoms with E-state index >= 15 is 0 Å². The lowest BCUT2D eigenvalue weighted by Gasteiger charge is -2.56. The molecule has 1 amide bonds. The molecule has 112 valence electrons. The summed E-state index contributed by atoms with van der Waals surface area (Å²) in [6, 6.07) is 0. The zero-order valence-corrected chi connectivity index (χ0v) is 13.0. The second kappa shape index (κ2) is 5.50. The van der Waals surface area contributed by atoms with Gasteiger partial charge in [0.15, 0.2) is 0 Å². The van der Waals surface area contributed by atoms with Crippen LogP contribution in [0, 0.1) is 23.2 Å². The summed E-state index contributed by atoms with van der Waals surface area (Å²) in [6.45, 7) is 4.25. The molecule has 0 unspecified atom stereocenters. The maximum Gasteiger partial charge on any atom is 0.240 e. The van der Waals surface area contributed by atoms with E-state index in [-0.39, 0.29) is 5.91 Å². The van der Waals surface area contributed by atoms with E-state index in [1.807, 2.05) is 0 Å². The molecule has 20 heavy (non-hydrogen) atoms. The van der Waals surface area contributed by atoms with Crippen LogP contribution in [-0.4, -0.2) is 11.6 Å². The summed E-state index contributed by atoms with van der Waals surface area (Å²) in [7, 11) is 0. The Morgan fingerprint density at radius 2 is 1.70 bits per heavy atom. The Labute approximate surface area is 122 Å². The molecule has 4 fully saturated rings. The van der Waals surface area contributed by atoms with Crippen LogP contribution in [0.15, 0.2) is 5.10 Å². The molecule has 4 bridgehead atoms. The number of hydrazone groups is 1. The lowest BCUT2D eigenvalue weighted by atomic mass is 9.48. The maximum atomic E-state index is 11.7. The SMILES string of the molecule is CCCCC(=O)NN=C(C)C12CC3CC(CC(C3)C1)C2. The van der Waals surface area contributed by atoms with Gasteiger partial charge < -0.3 is 0 Å². The zero-order chi connectivity index (χ0) is 14.2. The van der Waals surface area contributed by atoms with E-state index in [0.717, 1.165) is 30.6 Å². The van der Waals surface area contributed by atoms with Gasteiger partial charge in [-0.05, 0) is 69.6 Å². The molecule has 0 atom stereocenters. The van der Waals surface area contributed by atoms with Gasteiger partial charge >= 0.3 is 0 Å². The second-order valence-electron chi connectivity index (χ2n) is 7.53. The Balaban J connectivity index is 1.64. The summed E-state index contributed by atoms with van der Waals surface area (Å²) in [5.74, 6) is 2.88. The highest BCUT2D eigenvalue weighted by atomic mass is 16.2. The molecule has 4 aliphatic rings. The molecule has 0 spiro atoms. The molecule has 4 aliphatic carbocycles. The van der Waals surface area contributed by atoms with Gasteiger partial charge in [-0.15, -0.1) is 0 Å². The van der Waals surface area contributed by atoms with E-state index in [2.05, 4.69) is 24.4 Å². The van der Waals surface area contributed by atoms with Gasteiger partial charge in [-0.2, -0.15) is 5.10 Å². The van der Waals surface area contributed by atoms with Gasteiger partial charge in [-0.1, -0.05) is 13.3 Å². The van der Waals surface area contributed by atoms with Gasteiger partial charge in [-0.3, -0.25) is 4.79 Å². The molecular weight excluding hydrogens is 248 g/mol. The first kappa shape index (κ1) is 14.1. The number of amides is 1. The minimum absolute atomic E-state index is 0.0796. The van der Waals surface area contributed by atoms with Crippen molar-refractivity contribution in [1.82, 2.24) is 5.43 Å². The van der Waals surface area contributed by atoms with Crippen molar-refractivity contribution in [2.45, 2.75) is 71.6 Å². The molecule has 4 saturated carbocycles. The molecule has 4 rings (SSSR count). The van der Waals surface area contributed by atoms with Crippen LogP contribution in [0.5, 0.6) is 0 Å². The van der Waals surface area contributed by atoms with Crippen molar-refractivity contribution >= 4 is 11.6 Å².